The standard InChI is InChI=1S/C19H30N4O2/c1-3-22-9-11-23(12-10-22)17-6-4-5-16(13-17)20-18(25)21-19(2,14-24)15-7-8-15/h4-6,13,15,24H,3,7-12,14H2,1-2H3,(H2,20,21,25). The minimum absolute atomic E-state index is 0.0349. The molecule has 0 aromatic heterocycles. The summed E-state index contributed by atoms with van der Waals surface area (Å²) in [5, 5.41) is 15.5. The average Bonchev–Trinajstić information content (AvgIpc) is 3.47. The van der Waals surface area contributed by atoms with Crippen molar-refractivity contribution in [1.29, 1.82) is 0 Å². The predicted molar refractivity (Wildman–Crippen MR) is 101 cm³/mol. The van der Waals surface area contributed by atoms with Gasteiger partial charge >= 0.3 is 6.03 Å². The van der Waals surface area contributed by atoms with Crippen LogP contribution in [0.25, 0.3) is 0 Å². The van der Waals surface area contributed by atoms with Gasteiger partial charge in [-0.15, -0.1) is 0 Å². The number of anilines is 2. The molecule has 1 aliphatic carbocycles. The molecule has 1 saturated carbocycles. The molecule has 1 heterocycles. The van der Waals surface area contributed by atoms with Crippen LogP contribution in [0, 0.1) is 5.92 Å². The molecule has 6 nitrogen and oxygen atoms in total. The Hall–Kier alpha value is -1.79. The molecule has 138 valence electrons. The Kier molecular flexibility index (Phi) is 5.49. The lowest BCUT2D eigenvalue weighted by Crippen LogP contribution is -2.52. The Morgan fingerprint density at radius 2 is 2.00 bits per heavy atom. The molecule has 1 aromatic carbocycles. The molecular weight excluding hydrogens is 316 g/mol. The van der Waals surface area contributed by atoms with Crippen molar-refractivity contribution in [3.63, 3.8) is 0 Å². The molecule has 2 aliphatic rings. The zero-order chi connectivity index (χ0) is 17.9. The van der Waals surface area contributed by atoms with Crippen molar-refractivity contribution in [2.24, 2.45) is 5.92 Å². The van der Waals surface area contributed by atoms with Gasteiger partial charge in [-0.3, -0.25) is 0 Å². The van der Waals surface area contributed by atoms with Gasteiger partial charge < -0.3 is 25.5 Å². The van der Waals surface area contributed by atoms with Crippen LogP contribution in [-0.4, -0.2) is 60.9 Å². The van der Waals surface area contributed by atoms with Crippen molar-refractivity contribution < 1.29 is 9.90 Å². The molecule has 3 rings (SSSR count). The van der Waals surface area contributed by atoms with Crippen LogP contribution in [0.3, 0.4) is 0 Å². The fourth-order valence-corrected chi connectivity index (χ4v) is 3.52. The third-order valence-electron chi connectivity index (χ3n) is 5.49. The first kappa shape index (κ1) is 18.0. The van der Waals surface area contributed by atoms with E-state index in [4.69, 9.17) is 0 Å². The third kappa shape index (κ3) is 4.44. The molecule has 0 bridgehead atoms. The number of benzene rings is 1. The maximum Gasteiger partial charge on any atom is 0.319 e. The number of rotatable bonds is 6. The van der Waals surface area contributed by atoms with E-state index in [9.17, 15) is 9.90 Å². The second kappa shape index (κ2) is 7.62. The minimum Gasteiger partial charge on any atom is -0.394 e. The number of carbonyl (C=O) groups is 1. The molecule has 1 unspecified atom stereocenters. The lowest BCUT2D eigenvalue weighted by atomic mass is 9.97. The Balaban J connectivity index is 1.59. The summed E-state index contributed by atoms with van der Waals surface area (Å²) in [4.78, 5) is 17.1. The second-order valence-corrected chi connectivity index (χ2v) is 7.40. The lowest BCUT2D eigenvalue weighted by Gasteiger charge is -2.35. The summed E-state index contributed by atoms with van der Waals surface area (Å²) in [5.74, 6) is 0.379. The monoisotopic (exact) mass is 346 g/mol. The van der Waals surface area contributed by atoms with Crippen LogP contribution in [0.2, 0.25) is 0 Å². The molecule has 2 fully saturated rings. The highest BCUT2D eigenvalue weighted by Crippen LogP contribution is 2.39. The molecule has 1 saturated heterocycles. The van der Waals surface area contributed by atoms with Crippen LogP contribution < -0.4 is 15.5 Å². The quantitative estimate of drug-likeness (QED) is 0.738. The van der Waals surface area contributed by atoms with E-state index >= 15 is 0 Å². The zero-order valence-corrected chi connectivity index (χ0v) is 15.3. The van der Waals surface area contributed by atoms with Gasteiger partial charge in [0.15, 0.2) is 0 Å². The number of carbonyl (C=O) groups excluding carboxylic acids is 1. The van der Waals surface area contributed by atoms with E-state index in [1.165, 1.54) is 0 Å². The first-order chi connectivity index (χ1) is 12.0. The van der Waals surface area contributed by atoms with Crippen LogP contribution in [-0.2, 0) is 0 Å². The number of hydrogen-bond acceptors (Lipinski definition) is 4. The van der Waals surface area contributed by atoms with Gasteiger partial charge in [-0.25, -0.2) is 4.79 Å². The third-order valence-corrected chi connectivity index (χ3v) is 5.49. The molecule has 0 radical (unpaired) electrons. The molecule has 6 heteroatoms. The highest BCUT2D eigenvalue weighted by Gasteiger charge is 2.42. The van der Waals surface area contributed by atoms with Crippen molar-refractivity contribution in [2.75, 3.05) is 49.5 Å². The summed E-state index contributed by atoms with van der Waals surface area (Å²) in [6.07, 6.45) is 2.13. The van der Waals surface area contributed by atoms with Crippen LogP contribution in [0.5, 0.6) is 0 Å². The Morgan fingerprint density at radius 1 is 1.28 bits per heavy atom. The average molecular weight is 346 g/mol. The summed E-state index contributed by atoms with van der Waals surface area (Å²) < 4.78 is 0. The highest BCUT2D eigenvalue weighted by atomic mass is 16.3. The normalized spacial score (nSPS) is 20.8. The number of amides is 2. The van der Waals surface area contributed by atoms with Gasteiger partial charge in [0.05, 0.1) is 12.1 Å². The molecular formula is C19H30N4O2. The van der Waals surface area contributed by atoms with E-state index in [2.05, 4.69) is 33.4 Å². The second-order valence-electron chi connectivity index (χ2n) is 7.40. The molecule has 3 N–H and O–H groups in total. The SMILES string of the molecule is CCN1CCN(c2cccc(NC(=O)NC(C)(CO)C3CC3)c2)CC1. The fraction of sp³-hybridized carbons (Fsp3) is 0.632. The Bertz CT molecular complexity index is 597. The van der Waals surface area contributed by atoms with E-state index in [1.807, 2.05) is 25.1 Å². The van der Waals surface area contributed by atoms with E-state index in [-0.39, 0.29) is 12.6 Å². The number of aliphatic hydroxyl groups is 1. The molecule has 2 amide bonds. The number of nitrogens with one attached hydrogen (secondary N) is 2. The van der Waals surface area contributed by atoms with Crippen LogP contribution in [0.4, 0.5) is 16.2 Å². The molecule has 0 spiro atoms. The van der Waals surface area contributed by atoms with Crippen molar-refractivity contribution >= 4 is 17.4 Å². The Labute approximate surface area is 150 Å². The fourth-order valence-electron chi connectivity index (χ4n) is 3.52. The number of likely N-dealkylation sites (N-methyl/N-ethyl adjacent to an activating group) is 1. The lowest BCUT2D eigenvalue weighted by molar-refractivity contribution is 0.159. The van der Waals surface area contributed by atoms with Gasteiger partial charge in [0.2, 0.25) is 0 Å². The number of aliphatic hydroxyl groups excluding tert-OH is 1. The van der Waals surface area contributed by atoms with Crippen molar-refractivity contribution in [3.8, 4) is 0 Å². The maximum absolute atomic E-state index is 12.3. The number of nitrogens with zero attached hydrogens (tertiary/aromatic N) is 2. The van der Waals surface area contributed by atoms with Gasteiger partial charge in [0, 0.05) is 37.6 Å². The van der Waals surface area contributed by atoms with Crippen molar-refractivity contribution in [2.45, 2.75) is 32.2 Å². The maximum atomic E-state index is 12.3. The molecule has 1 aliphatic heterocycles. The Morgan fingerprint density at radius 3 is 2.60 bits per heavy atom. The number of piperazine rings is 1. The number of urea groups is 1. The topological polar surface area (TPSA) is 67.8 Å². The summed E-state index contributed by atoms with van der Waals surface area (Å²) in [6.45, 7) is 9.33. The number of hydrogen-bond donors (Lipinski definition) is 3. The first-order valence-corrected chi connectivity index (χ1v) is 9.31. The summed E-state index contributed by atoms with van der Waals surface area (Å²) in [5.41, 5.74) is 1.39. The van der Waals surface area contributed by atoms with Gasteiger partial charge in [-0.1, -0.05) is 13.0 Å². The molecule has 1 atom stereocenters. The highest BCUT2D eigenvalue weighted by molar-refractivity contribution is 5.90. The van der Waals surface area contributed by atoms with Gasteiger partial charge in [-0.2, -0.15) is 0 Å². The largest absolute Gasteiger partial charge is 0.394 e. The van der Waals surface area contributed by atoms with E-state index in [0.717, 1.165) is 56.9 Å². The summed E-state index contributed by atoms with van der Waals surface area (Å²) >= 11 is 0. The van der Waals surface area contributed by atoms with Gasteiger partial charge in [0.25, 0.3) is 0 Å². The predicted octanol–water partition coefficient (Wildman–Crippen LogP) is 2.11. The zero-order valence-electron chi connectivity index (χ0n) is 15.3. The van der Waals surface area contributed by atoms with Crippen LogP contribution >= 0.6 is 0 Å². The summed E-state index contributed by atoms with van der Waals surface area (Å²) in [6, 6.07) is 7.74. The van der Waals surface area contributed by atoms with Gasteiger partial charge in [0.1, 0.15) is 0 Å². The van der Waals surface area contributed by atoms with Crippen LogP contribution in [0.1, 0.15) is 26.7 Å². The smallest absolute Gasteiger partial charge is 0.319 e. The van der Waals surface area contributed by atoms with E-state index < -0.39 is 5.54 Å². The molecule has 1 aromatic rings. The van der Waals surface area contributed by atoms with E-state index in [1.54, 1.807) is 0 Å². The van der Waals surface area contributed by atoms with Crippen LogP contribution in [0.15, 0.2) is 24.3 Å². The minimum atomic E-state index is -0.530. The van der Waals surface area contributed by atoms with Crippen molar-refractivity contribution in [3.05, 3.63) is 24.3 Å². The van der Waals surface area contributed by atoms with Crippen molar-refractivity contribution in [1.82, 2.24) is 10.2 Å². The first-order valence-electron chi connectivity index (χ1n) is 9.31. The molecule has 25 heavy (non-hydrogen) atoms. The van der Waals surface area contributed by atoms with E-state index in [0.29, 0.717) is 5.92 Å². The summed E-state index contributed by atoms with van der Waals surface area (Å²) in [7, 11) is 0. The van der Waals surface area contributed by atoms with Gasteiger partial charge in [-0.05, 0) is 50.4 Å².